The normalized spacial score (nSPS) is 20.0. The number of benzene rings is 2. The molecular formula is C21H21F2NO. The summed E-state index contributed by atoms with van der Waals surface area (Å²) in [5.41, 5.74) is 0.761. The summed E-state index contributed by atoms with van der Waals surface area (Å²) in [5, 5.41) is 9.03. The minimum Gasteiger partial charge on any atom is -0.492 e. The first-order chi connectivity index (χ1) is 12.2. The van der Waals surface area contributed by atoms with Gasteiger partial charge in [-0.25, -0.2) is 8.78 Å². The van der Waals surface area contributed by atoms with E-state index in [1.54, 1.807) is 18.2 Å². The van der Waals surface area contributed by atoms with Gasteiger partial charge in [0.15, 0.2) is 0 Å². The second kappa shape index (κ2) is 8.11. The van der Waals surface area contributed by atoms with Crippen LogP contribution in [0.3, 0.4) is 0 Å². The molecule has 2 nitrogen and oxygen atoms in total. The predicted molar refractivity (Wildman–Crippen MR) is 92.2 cm³/mol. The van der Waals surface area contributed by atoms with Crippen molar-refractivity contribution < 1.29 is 13.5 Å². The average molecular weight is 341 g/mol. The van der Waals surface area contributed by atoms with Gasteiger partial charge in [-0.15, -0.1) is 0 Å². The van der Waals surface area contributed by atoms with E-state index >= 15 is 0 Å². The standard InChI is InChI=1S/C21H21F2NO/c22-19-5-2-1-4-17(19)12-15-8-10-16(11-9-15)14-25-21-7-3-6-20(23)18(21)13-24/h1-7,15-16H,8-12,14H2. The fourth-order valence-electron chi connectivity index (χ4n) is 3.52. The van der Waals surface area contributed by atoms with Crippen LogP contribution in [0.2, 0.25) is 0 Å². The van der Waals surface area contributed by atoms with Crippen LogP contribution in [0.1, 0.15) is 36.8 Å². The summed E-state index contributed by atoms with van der Waals surface area (Å²) >= 11 is 0. The second-order valence-corrected chi connectivity index (χ2v) is 6.72. The van der Waals surface area contributed by atoms with Crippen LogP contribution >= 0.6 is 0 Å². The highest BCUT2D eigenvalue weighted by Crippen LogP contribution is 2.32. The molecular weight excluding hydrogens is 320 g/mol. The van der Waals surface area contributed by atoms with Crippen LogP contribution in [-0.4, -0.2) is 6.61 Å². The maximum atomic E-state index is 13.8. The molecule has 0 radical (unpaired) electrons. The Morgan fingerprint density at radius 3 is 2.32 bits per heavy atom. The Bertz CT molecular complexity index is 761. The molecule has 0 unspecified atom stereocenters. The summed E-state index contributed by atoms with van der Waals surface area (Å²) in [5.74, 6) is 0.538. The van der Waals surface area contributed by atoms with E-state index < -0.39 is 5.82 Å². The third kappa shape index (κ3) is 4.36. The van der Waals surface area contributed by atoms with Crippen molar-refractivity contribution in [3.63, 3.8) is 0 Å². The van der Waals surface area contributed by atoms with E-state index in [9.17, 15) is 8.78 Å². The van der Waals surface area contributed by atoms with E-state index in [0.29, 0.717) is 24.2 Å². The molecule has 1 aliphatic carbocycles. The van der Waals surface area contributed by atoms with E-state index in [4.69, 9.17) is 10.00 Å². The topological polar surface area (TPSA) is 33.0 Å². The van der Waals surface area contributed by atoms with Gasteiger partial charge in [-0.2, -0.15) is 5.26 Å². The lowest BCUT2D eigenvalue weighted by atomic mass is 9.79. The molecule has 3 rings (SSSR count). The Labute approximate surface area is 147 Å². The number of nitriles is 1. The Kier molecular flexibility index (Phi) is 5.65. The molecule has 0 N–H and O–H groups in total. The largest absolute Gasteiger partial charge is 0.492 e. The van der Waals surface area contributed by atoms with Crippen LogP contribution in [0.25, 0.3) is 0 Å². The van der Waals surface area contributed by atoms with Crippen molar-refractivity contribution in [2.75, 3.05) is 6.61 Å². The summed E-state index contributed by atoms with van der Waals surface area (Å²) in [4.78, 5) is 0. The van der Waals surface area contributed by atoms with E-state index in [0.717, 1.165) is 37.7 Å². The fraction of sp³-hybridized carbons (Fsp3) is 0.381. The number of hydrogen-bond acceptors (Lipinski definition) is 2. The van der Waals surface area contributed by atoms with Crippen molar-refractivity contribution in [3.05, 3.63) is 65.2 Å². The van der Waals surface area contributed by atoms with Crippen molar-refractivity contribution >= 4 is 0 Å². The number of ether oxygens (including phenoxy) is 1. The highest BCUT2D eigenvalue weighted by atomic mass is 19.1. The van der Waals surface area contributed by atoms with Crippen molar-refractivity contribution in [2.45, 2.75) is 32.1 Å². The molecule has 0 saturated heterocycles. The Morgan fingerprint density at radius 2 is 1.60 bits per heavy atom. The van der Waals surface area contributed by atoms with Gasteiger partial charge >= 0.3 is 0 Å². The molecule has 0 spiro atoms. The minimum absolute atomic E-state index is 0.0317. The molecule has 2 aromatic carbocycles. The van der Waals surface area contributed by atoms with E-state index in [2.05, 4.69) is 0 Å². The lowest BCUT2D eigenvalue weighted by Crippen LogP contribution is -2.21. The molecule has 2 aromatic rings. The Balaban J connectivity index is 1.50. The second-order valence-electron chi connectivity index (χ2n) is 6.72. The van der Waals surface area contributed by atoms with Crippen LogP contribution in [0.4, 0.5) is 8.78 Å². The van der Waals surface area contributed by atoms with Crippen LogP contribution in [0, 0.1) is 34.8 Å². The van der Waals surface area contributed by atoms with Gasteiger partial charge in [-0.05, 0) is 67.7 Å². The van der Waals surface area contributed by atoms with Crippen molar-refractivity contribution in [2.24, 2.45) is 11.8 Å². The fourth-order valence-corrected chi connectivity index (χ4v) is 3.52. The number of rotatable bonds is 5. The van der Waals surface area contributed by atoms with Gasteiger partial charge in [0.1, 0.15) is 29.0 Å². The van der Waals surface area contributed by atoms with Crippen molar-refractivity contribution in [1.29, 1.82) is 5.26 Å². The smallest absolute Gasteiger partial charge is 0.144 e. The lowest BCUT2D eigenvalue weighted by molar-refractivity contribution is 0.181. The van der Waals surface area contributed by atoms with Crippen LogP contribution in [0.15, 0.2) is 42.5 Å². The minimum atomic E-state index is -0.548. The van der Waals surface area contributed by atoms with E-state index in [1.165, 1.54) is 12.1 Å². The maximum Gasteiger partial charge on any atom is 0.144 e. The zero-order chi connectivity index (χ0) is 17.6. The monoisotopic (exact) mass is 341 g/mol. The molecule has 130 valence electrons. The van der Waals surface area contributed by atoms with Crippen LogP contribution < -0.4 is 4.74 Å². The average Bonchev–Trinajstić information content (AvgIpc) is 2.63. The predicted octanol–water partition coefficient (Wildman–Crippen LogP) is 5.26. The van der Waals surface area contributed by atoms with Crippen LogP contribution in [-0.2, 0) is 6.42 Å². The molecule has 0 atom stereocenters. The summed E-state index contributed by atoms with van der Waals surface area (Å²) in [6.07, 6.45) is 4.88. The highest BCUT2D eigenvalue weighted by molar-refractivity contribution is 5.43. The summed E-state index contributed by atoms with van der Waals surface area (Å²) in [6.45, 7) is 0.491. The van der Waals surface area contributed by atoms with Crippen LogP contribution in [0.5, 0.6) is 5.75 Å². The van der Waals surface area contributed by atoms with Gasteiger partial charge in [0.05, 0.1) is 6.61 Å². The number of hydrogen-bond donors (Lipinski definition) is 0. The van der Waals surface area contributed by atoms with E-state index in [1.807, 2.05) is 18.2 Å². The zero-order valence-corrected chi connectivity index (χ0v) is 14.1. The maximum absolute atomic E-state index is 13.8. The molecule has 0 heterocycles. The van der Waals surface area contributed by atoms with Gasteiger partial charge in [0, 0.05) is 0 Å². The van der Waals surface area contributed by atoms with Crippen molar-refractivity contribution in [3.8, 4) is 11.8 Å². The molecule has 1 fully saturated rings. The SMILES string of the molecule is N#Cc1c(F)cccc1OCC1CCC(Cc2ccccc2F)CC1. The quantitative estimate of drug-likeness (QED) is 0.743. The summed E-state index contributed by atoms with van der Waals surface area (Å²) in [7, 11) is 0. The van der Waals surface area contributed by atoms with E-state index in [-0.39, 0.29) is 11.4 Å². The van der Waals surface area contributed by atoms with Gasteiger partial charge in [-0.3, -0.25) is 0 Å². The first-order valence-corrected chi connectivity index (χ1v) is 8.72. The zero-order valence-electron chi connectivity index (χ0n) is 14.1. The highest BCUT2D eigenvalue weighted by Gasteiger charge is 2.23. The van der Waals surface area contributed by atoms with Gasteiger partial charge in [0.25, 0.3) is 0 Å². The van der Waals surface area contributed by atoms with Gasteiger partial charge in [0.2, 0.25) is 0 Å². The number of nitrogens with zero attached hydrogens (tertiary/aromatic N) is 1. The van der Waals surface area contributed by atoms with Crippen molar-refractivity contribution in [1.82, 2.24) is 0 Å². The third-order valence-corrected chi connectivity index (χ3v) is 4.99. The van der Waals surface area contributed by atoms with Gasteiger partial charge in [-0.1, -0.05) is 24.3 Å². The summed E-state index contributed by atoms with van der Waals surface area (Å²) in [6, 6.07) is 13.3. The molecule has 0 bridgehead atoms. The molecule has 4 heteroatoms. The summed E-state index contributed by atoms with van der Waals surface area (Å²) < 4.78 is 33.0. The molecule has 0 aromatic heterocycles. The lowest BCUT2D eigenvalue weighted by Gasteiger charge is -2.28. The third-order valence-electron chi connectivity index (χ3n) is 4.99. The Hall–Kier alpha value is -2.41. The molecule has 0 amide bonds. The first kappa shape index (κ1) is 17.4. The molecule has 0 aliphatic heterocycles. The molecule has 25 heavy (non-hydrogen) atoms. The molecule has 1 saturated carbocycles. The van der Waals surface area contributed by atoms with Gasteiger partial charge < -0.3 is 4.74 Å². The first-order valence-electron chi connectivity index (χ1n) is 8.72. The number of halogens is 2. The molecule has 1 aliphatic rings. The Morgan fingerprint density at radius 1 is 0.920 bits per heavy atom.